The number of carbonyl (C=O) groups is 1. The van der Waals surface area contributed by atoms with Crippen molar-refractivity contribution in [2.45, 2.75) is 11.7 Å². The van der Waals surface area contributed by atoms with Crippen LogP contribution >= 0.6 is 38.9 Å². The van der Waals surface area contributed by atoms with E-state index in [0.29, 0.717) is 10.0 Å². The van der Waals surface area contributed by atoms with Crippen molar-refractivity contribution < 1.29 is 9.53 Å². The molecule has 2 unspecified atom stereocenters. The molecule has 7 heteroatoms. The first-order valence-corrected chi connectivity index (χ1v) is 9.51. The minimum atomic E-state index is -1.20. The molecule has 3 aromatic rings. The fraction of sp³-hybridized carbons (Fsp3) is 0.111. The molecule has 1 aliphatic heterocycles. The van der Waals surface area contributed by atoms with E-state index in [1.807, 2.05) is 41.8 Å². The lowest BCUT2D eigenvalue weighted by Crippen LogP contribution is -2.30. The first kappa shape index (κ1) is 16.7. The number of amides is 1. The second-order valence-electron chi connectivity index (χ2n) is 5.69. The van der Waals surface area contributed by atoms with E-state index in [1.165, 1.54) is 11.3 Å². The minimum Gasteiger partial charge on any atom is -0.367 e. The molecule has 25 heavy (non-hydrogen) atoms. The number of carbonyl (C=O) groups excluding carboxylic acids is 1. The quantitative estimate of drug-likeness (QED) is 0.605. The third-order valence-electron chi connectivity index (χ3n) is 4.12. The lowest BCUT2D eigenvalue weighted by atomic mass is 9.99. The van der Waals surface area contributed by atoms with E-state index in [4.69, 9.17) is 22.1 Å². The average molecular weight is 436 g/mol. The SMILES string of the molecule is NC(=O)C1(c2nc(-c3ccc(Br)cc3)cs2)OC1c1ccc(Cl)cc1. The van der Waals surface area contributed by atoms with E-state index in [-0.39, 0.29) is 0 Å². The molecule has 1 fully saturated rings. The van der Waals surface area contributed by atoms with Crippen LogP contribution in [0.1, 0.15) is 16.7 Å². The highest BCUT2D eigenvalue weighted by Gasteiger charge is 2.65. The van der Waals surface area contributed by atoms with Gasteiger partial charge in [0.15, 0.2) is 0 Å². The summed E-state index contributed by atoms with van der Waals surface area (Å²) in [4.78, 5) is 16.8. The molecule has 0 radical (unpaired) electrons. The van der Waals surface area contributed by atoms with Crippen molar-refractivity contribution in [1.82, 2.24) is 4.98 Å². The molecule has 1 saturated heterocycles. The molecule has 4 rings (SSSR count). The van der Waals surface area contributed by atoms with Gasteiger partial charge in [-0.1, -0.05) is 51.8 Å². The number of thiazole rings is 1. The molecule has 1 amide bonds. The van der Waals surface area contributed by atoms with Crippen LogP contribution in [0.4, 0.5) is 0 Å². The van der Waals surface area contributed by atoms with Crippen LogP contribution in [0.3, 0.4) is 0 Å². The molecule has 1 aromatic heterocycles. The molecule has 126 valence electrons. The van der Waals surface area contributed by atoms with Gasteiger partial charge >= 0.3 is 0 Å². The maximum Gasteiger partial charge on any atom is 0.260 e. The Morgan fingerprint density at radius 1 is 1.20 bits per heavy atom. The maximum absolute atomic E-state index is 12.2. The van der Waals surface area contributed by atoms with E-state index < -0.39 is 17.6 Å². The van der Waals surface area contributed by atoms with Gasteiger partial charge in [0.1, 0.15) is 11.1 Å². The molecule has 0 spiro atoms. The maximum atomic E-state index is 12.2. The lowest BCUT2D eigenvalue weighted by Gasteiger charge is -2.05. The van der Waals surface area contributed by atoms with Crippen LogP contribution in [0.15, 0.2) is 58.4 Å². The molecule has 4 nitrogen and oxygen atoms in total. The van der Waals surface area contributed by atoms with Gasteiger partial charge in [-0.05, 0) is 29.8 Å². The summed E-state index contributed by atoms with van der Waals surface area (Å²) in [6.07, 6.45) is -0.439. The second-order valence-corrected chi connectivity index (χ2v) is 7.90. The van der Waals surface area contributed by atoms with Crippen LogP contribution in [0.5, 0.6) is 0 Å². The van der Waals surface area contributed by atoms with Gasteiger partial charge in [-0.2, -0.15) is 0 Å². The van der Waals surface area contributed by atoms with Crippen LogP contribution in [-0.4, -0.2) is 10.9 Å². The van der Waals surface area contributed by atoms with Crippen molar-refractivity contribution >= 4 is 44.8 Å². The monoisotopic (exact) mass is 434 g/mol. The largest absolute Gasteiger partial charge is 0.367 e. The van der Waals surface area contributed by atoms with Gasteiger partial charge in [0.2, 0.25) is 5.60 Å². The van der Waals surface area contributed by atoms with E-state index in [2.05, 4.69) is 20.9 Å². The minimum absolute atomic E-state index is 0.439. The zero-order chi connectivity index (χ0) is 17.6. The summed E-state index contributed by atoms with van der Waals surface area (Å²) in [6, 6.07) is 15.0. The summed E-state index contributed by atoms with van der Waals surface area (Å²) < 4.78 is 6.76. The van der Waals surface area contributed by atoms with Gasteiger partial charge < -0.3 is 10.5 Å². The van der Waals surface area contributed by atoms with Crippen molar-refractivity contribution in [2.75, 3.05) is 0 Å². The van der Waals surface area contributed by atoms with Crippen molar-refractivity contribution in [3.05, 3.63) is 74.0 Å². The van der Waals surface area contributed by atoms with Crippen molar-refractivity contribution in [2.24, 2.45) is 5.73 Å². The number of primary amides is 1. The number of nitrogens with two attached hydrogens (primary N) is 1. The summed E-state index contributed by atoms with van der Waals surface area (Å²) >= 11 is 10.7. The zero-order valence-electron chi connectivity index (χ0n) is 12.8. The van der Waals surface area contributed by atoms with Crippen molar-refractivity contribution in [3.63, 3.8) is 0 Å². The Balaban J connectivity index is 1.68. The molecule has 2 aromatic carbocycles. The molecule has 2 heterocycles. The second kappa shape index (κ2) is 6.21. The van der Waals surface area contributed by atoms with Gasteiger partial charge in [-0.3, -0.25) is 4.79 Å². The molecule has 1 aliphatic rings. The Hall–Kier alpha value is -1.73. The number of halogens is 2. The van der Waals surface area contributed by atoms with Crippen LogP contribution in [-0.2, 0) is 15.1 Å². The number of ether oxygens (including phenoxy) is 1. The standard InChI is InChI=1S/C18H12BrClN2O2S/c19-12-5-1-10(2-6-12)14-9-25-17(22-14)18(16(21)23)15(24-18)11-3-7-13(20)8-4-11/h1-9,15H,(H2,21,23). The van der Waals surface area contributed by atoms with E-state index >= 15 is 0 Å². The third-order valence-corrected chi connectivity index (χ3v) is 5.86. The van der Waals surface area contributed by atoms with Gasteiger partial charge in [0.25, 0.3) is 5.91 Å². The Morgan fingerprint density at radius 3 is 2.52 bits per heavy atom. The zero-order valence-corrected chi connectivity index (χ0v) is 15.9. The lowest BCUT2D eigenvalue weighted by molar-refractivity contribution is -0.123. The van der Waals surface area contributed by atoms with Gasteiger partial charge in [0, 0.05) is 20.4 Å². The Kier molecular flexibility index (Phi) is 4.16. The fourth-order valence-corrected chi connectivity index (χ4v) is 4.13. The molecule has 0 bridgehead atoms. The number of aromatic nitrogens is 1. The van der Waals surface area contributed by atoms with Crippen LogP contribution in [0.2, 0.25) is 5.02 Å². The highest BCUT2D eigenvalue weighted by Crippen LogP contribution is 2.57. The van der Waals surface area contributed by atoms with Gasteiger partial charge in [-0.15, -0.1) is 11.3 Å². The van der Waals surface area contributed by atoms with Crippen molar-refractivity contribution in [1.29, 1.82) is 0 Å². The predicted molar refractivity (Wildman–Crippen MR) is 101 cm³/mol. The van der Waals surface area contributed by atoms with Gasteiger partial charge in [0.05, 0.1) is 5.69 Å². The number of nitrogens with zero attached hydrogens (tertiary/aromatic N) is 1. The average Bonchev–Trinajstić information content (AvgIpc) is 3.17. The number of epoxide rings is 1. The fourth-order valence-electron chi connectivity index (χ4n) is 2.74. The third kappa shape index (κ3) is 2.89. The first-order chi connectivity index (χ1) is 12.0. The molecule has 2 N–H and O–H groups in total. The Bertz CT molecular complexity index is 942. The predicted octanol–water partition coefficient (Wildman–Crippen LogP) is 4.68. The number of rotatable bonds is 4. The summed E-state index contributed by atoms with van der Waals surface area (Å²) in [5, 5.41) is 3.10. The summed E-state index contributed by atoms with van der Waals surface area (Å²) in [5.74, 6) is -0.538. The summed E-state index contributed by atoms with van der Waals surface area (Å²) in [6.45, 7) is 0. The number of hydrogen-bond acceptors (Lipinski definition) is 4. The molecule has 2 atom stereocenters. The smallest absolute Gasteiger partial charge is 0.260 e. The highest BCUT2D eigenvalue weighted by molar-refractivity contribution is 9.10. The van der Waals surface area contributed by atoms with Crippen molar-refractivity contribution in [3.8, 4) is 11.3 Å². The summed E-state index contributed by atoms with van der Waals surface area (Å²) in [5.41, 5.74) is 7.07. The molecule has 0 saturated carbocycles. The molecular weight excluding hydrogens is 424 g/mol. The van der Waals surface area contributed by atoms with E-state index in [0.717, 1.165) is 21.3 Å². The van der Waals surface area contributed by atoms with Crippen LogP contribution in [0.25, 0.3) is 11.3 Å². The highest BCUT2D eigenvalue weighted by atomic mass is 79.9. The Labute approximate surface area is 161 Å². The molecule has 0 aliphatic carbocycles. The van der Waals surface area contributed by atoms with E-state index in [9.17, 15) is 4.79 Å². The van der Waals surface area contributed by atoms with Crippen LogP contribution < -0.4 is 5.73 Å². The van der Waals surface area contributed by atoms with Crippen LogP contribution in [0, 0.1) is 0 Å². The number of hydrogen-bond donors (Lipinski definition) is 1. The van der Waals surface area contributed by atoms with Gasteiger partial charge in [-0.25, -0.2) is 4.98 Å². The first-order valence-electron chi connectivity index (χ1n) is 7.46. The normalized spacial score (nSPS) is 21.9. The summed E-state index contributed by atoms with van der Waals surface area (Å²) in [7, 11) is 0. The van der Waals surface area contributed by atoms with E-state index in [1.54, 1.807) is 12.1 Å². The molecular formula is C18H12BrClN2O2S. The topological polar surface area (TPSA) is 68.5 Å². The Morgan fingerprint density at radius 2 is 1.88 bits per heavy atom. The number of benzene rings is 2.